The number of rotatable bonds is 3. The predicted molar refractivity (Wildman–Crippen MR) is 58.9 cm³/mol. The molecule has 0 aliphatic heterocycles. The maximum atomic E-state index is 12.9. The van der Waals surface area contributed by atoms with Gasteiger partial charge in [-0.1, -0.05) is 18.2 Å². The van der Waals surface area contributed by atoms with Gasteiger partial charge >= 0.3 is 6.18 Å². The zero-order chi connectivity index (χ0) is 12.5. The van der Waals surface area contributed by atoms with Crippen molar-refractivity contribution in [3.8, 4) is 0 Å². The number of likely N-dealkylation sites (N-methyl/N-ethyl adjacent to an activating group) is 1. The fourth-order valence-electron chi connectivity index (χ4n) is 1.90. The maximum Gasteiger partial charge on any atom is 0.397 e. The number of fused-ring (bicyclic) bond motifs is 1. The second kappa shape index (κ2) is 4.41. The first-order valence-corrected chi connectivity index (χ1v) is 5.21. The molecule has 2 nitrogen and oxygen atoms in total. The lowest BCUT2D eigenvalue weighted by Crippen LogP contribution is -2.30. The molecule has 1 heterocycles. The van der Waals surface area contributed by atoms with Crippen molar-refractivity contribution < 1.29 is 17.6 Å². The average Bonchev–Trinajstić information content (AvgIpc) is 2.72. The Bertz CT molecular complexity index is 504. The predicted octanol–water partition coefficient (Wildman–Crippen LogP) is 3.30. The van der Waals surface area contributed by atoms with E-state index in [1.807, 2.05) is 0 Å². The van der Waals surface area contributed by atoms with Gasteiger partial charge in [0.25, 0.3) is 0 Å². The Kier molecular flexibility index (Phi) is 3.11. The summed E-state index contributed by atoms with van der Waals surface area (Å²) < 4.78 is 44.0. The van der Waals surface area contributed by atoms with Gasteiger partial charge in [0.2, 0.25) is 0 Å². The smallest absolute Gasteiger partial charge is 0.397 e. The highest BCUT2D eigenvalue weighted by Gasteiger charge is 2.41. The number of alkyl halides is 3. The highest BCUT2D eigenvalue weighted by Crippen LogP contribution is 2.37. The Morgan fingerprint density at radius 2 is 2.06 bits per heavy atom. The van der Waals surface area contributed by atoms with Crippen LogP contribution in [0.25, 0.3) is 11.0 Å². The van der Waals surface area contributed by atoms with Gasteiger partial charge in [0, 0.05) is 17.5 Å². The number of benzene rings is 1. The maximum absolute atomic E-state index is 12.9. The molecule has 0 spiro atoms. The SMILES string of the molecule is CNCC(c1cccc2ccoc12)C(F)(F)F. The van der Waals surface area contributed by atoms with Crippen LogP contribution < -0.4 is 5.32 Å². The highest BCUT2D eigenvalue weighted by molar-refractivity contribution is 5.80. The molecule has 0 radical (unpaired) electrons. The van der Waals surface area contributed by atoms with Crippen LogP contribution in [-0.2, 0) is 0 Å². The van der Waals surface area contributed by atoms with Crippen molar-refractivity contribution in [1.82, 2.24) is 5.32 Å². The summed E-state index contributed by atoms with van der Waals surface area (Å²) in [7, 11) is 1.50. The minimum absolute atomic E-state index is 0.163. The molecular formula is C12H12F3NO. The summed E-state index contributed by atoms with van der Waals surface area (Å²) in [4.78, 5) is 0. The van der Waals surface area contributed by atoms with E-state index in [4.69, 9.17) is 4.42 Å². The van der Waals surface area contributed by atoms with E-state index in [0.717, 1.165) is 0 Å². The molecule has 1 aromatic heterocycles. The lowest BCUT2D eigenvalue weighted by atomic mass is 9.97. The van der Waals surface area contributed by atoms with Crippen LogP contribution in [0.15, 0.2) is 34.9 Å². The van der Waals surface area contributed by atoms with Gasteiger partial charge in [0.05, 0.1) is 12.2 Å². The molecule has 0 saturated carbocycles. The van der Waals surface area contributed by atoms with E-state index in [1.54, 1.807) is 18.2 Å². The van der Waals surface area contributed by atoms with E-state index >= 15 is 0 Å². The van der Waals surface area contributed by atoms with E-state index < -0.39 is 12.1 Å². The molecule has 0 amide bonds. The molecule has 0 aliphatic rings. The first kappa shape index (κ1) is 12.0. The Labute approximate surface area is 96.4 Å². The van der Waals surface area contributed by atoms with Crippen molar-refractivity contribution in [2.45, 2.75) is 12.1 Å². The van der Waals surface area contributed by atoms with E-state index in [2.05, 4.69) is 5.32 Å². The van der Waals surface area contributed by atoms with Crippen LogP contribution in [0.1, 0.15) is 11.5 Å². The van der Waals surface area contributed by atoms with Crippen molar-refractivity contribution in [3.05, 3.63) is 36.1 Å². The van der Waals surface area contributed by atoms with Crippen molar-refractivity contribution in [1.29, 1.82) is 0 Å². The number of hydrogen-bond donors (Lipinski definition) is 1. The van der Waals surface area contributed by atoms with E-state index in [9.17, 15) is 13.2 Å². The van der Waals surface area contributed by atoms with Gasteiger partial charge in [-0.3, -0.25) is 0 Å². The van der Waals surface area contributed by atoms with E-state index in [1.165, 1.54) is 19.4 Å². The highest BCUT2D eigenvalue weighted by atomic mass is 19.4. The fraction of sp³-hybridized carbons (Fsp3) is 0.333. The largest absolute Gasteiger partial charge is 0.464 e. The minimum Gasteiger partial charge on any atom is -0.464 e. The zero-order valence-electron chi connectivity index (χ0n) is 9.21. The van der Waals surface area contributed by atoms with Gasteiger partial charge in [-0.2, -0.15) is 13.2 Å². The third-order valence-corrected chi connectivity index (χ3v) is 2.69. The van der Waals surface area contributed by atoms with Crippen molar-refractivity contribution in [2.24, 2.45) is 0 Å². The van der Waals surface area contributed by atoms with Crippen LogP contribution in [0.2, 0.25) is 0 Å². The third kappa shape index (κ3) is 2.29. The number of furan rings is 1. The number of nitrogens with one attached hydrogen (secondary N) is 1. The van der Waals surface area contributed by atoms with Crippen LogP contribution in [0, 0.1) is 0 Å². The topological polar surface area (TPSA) is 25.2 Å². The molecule has 17 heavy (non-hydrogen) atoms. The minimum atomic E-state index is -4.29. The van der Waals surface area contributed by atoms with Crippen molar-refractivity contribution >= 4 is 11.0 Å². The lowest BCUT2D eigenvalue weighted by Gasteiger charge is -2.20. The summed E-state index contributed by atoms with van der Waals surface area (Å²) in [6.07, 6.45) is -2.88. The molecule has 1 aromatic carbocycles. The van der Waals surface area contributed by atoms with Gasteiger partial charge in [0.15, 0.2) is 0 Å². The summed E-state index contributed by atoms with van der Waals surface area (Å²) >= 11 is 0. The van der Waals surface area contributed by atoms with Crippen LogP contribution in [-0.4, -0.2) is 19.8 Å². The molecule has 1 atom stereocenters. The monoisotopic (exact) mass is 243 g/mol. The number of hydrogen-bond acceptors (Lipinski definition) is 2. The van der Waals surface area contributed by atoms with Gasteiger partial charge < -0.3 is 9.73 Å². The molecule has 0 saturated heterocycles. The lowest BCUT2D eigenvalue weighted by molar-refractivity contribution is -0.149. The summed E-state index contributed by atoms with van der Waals surface area (Å²) in [5.74, 6) is -1.55. The molecule has 1 N–H and O–H groups in total. The second-order valence-electron chi connectivity index (χ2n) is 3.84. The molecule has 1 unspecified atom stereocenters. The Morgan fingerprint density at radius 1 is 1.29 bits per heavy atom. The normalized spacial score (nSPS) is 14.1. The number of halogens is 3. The first-order valence-electron chi connectivity index (χ1n) is 5.21. The Morgan fingerprint density at radius 3 is 2.71 bits per heavy atom. The zero-order valence-corrected chi connectivity index (χ0v) is 9.21. The Hall–Kier alpha value is -1.49. The molecule has 0 bridgehead atoms. The van der Waals surface area contributed by atoms with Gasteiger partial charge in [-0.05, 0) is 13.1 Å². The standard InChI is InChI=1S/C12H12F3NO/c1-16-7-10(12(13,14)15)9-4-2-3-8-5-6-17-11(8)9/h2-6,10,16H,7H2,1H3. The molecule has 0 aliphatic carbocycles. The van der Waals surface area contributed by atoms with Crippen LogP contribution in [0.4, 0.5) is 13.2 Å². The van der Waals surface area contributed by atoms with E-state index in [0.29, 0.717) is 11.0 Å². The summed E-state index contributed by atoms with van der Waals surface area (Å²) in [6, 6.07) is 6.46. The van der Waals surface area contributed by atoms with Crippen LogP contribution in [0.5, 0.6) is 0 Å². The van der Waals surface area contributed by atoms with Gasteiger partial charge in [-0.15, -0.1) is 0 Å². The summed E-state index contributed by atoms with van der Waals surface area (Å²) in [5.41, 5.74) is 0.486. The average molecular weight is 243 g/mol. The summed E-state index contributed by atoms with van der Waals surface area (Å²) in [6.45, 7) is -0.163. The van der Waals surface area contributed by atoms with Crippen molar-refractivity contribution in [2.75, 3.05) is 13.6 Å². The van der Waals surface area contributed by atoms with Crippen LogP contribution in [0.3, 0.4) is 0 Å². The quantitative estimate of drug-likeness (QED) is 0.894. The first-order chi connectivity index (χ1) is 8.04. The molecule has 5 heteroatoms. The third-order valence-electron chi connectivity index (χ3n) is 2.69. The molecule has 92 valence electrons. The number of para-hydroxylation sites is 1. The van der Waals surface area contributed by atoms with Crippen LogP contribution >= 0.6 is 0 Å². The molecular weight excluding hydrogens is 231 g/mol. The van der Waals surface area contributed by atoms with Gasteiger partial charge in [-0.25, -0.2) is 0 Å². The fourth-order valence-corrected chi connectivity index (χ4v) is 1.90. The second-order valence-corrected chi connectivity index (χ2v) is 3.84. The Balaban J connectivity index is 2.52. The molecule has 0 fully saturated rings. The summed E-state index contributed by atoms with van der Waals surface area (Å²) in [5, 5.41) is 3.26. The molecule has 2 aromatic rings. The molecule has 2 rings (SSSR count). The van der Waals surface area contributed by atoms with Gasteiger partial charge in [0.1, 0.15) is 5.58 Å². The van der Waals surface area contributed by atoms with Crippen molar-refractivity contribution in [3.63, 3.8) is 0 Å². The van der Waals surface area contributed by atoms with E-state index in [-0.39, 0.29) is 12.1 Å².